The average Bonchev–Trinajstić information content (AvgIpc) is 2.59. The van der Waals surface area contributed by atoms with Crippen molar-refractivity contribution < 1.29 is 39.2 Å². The molecule has 3 N–H and O–H groups in total. The van der Waals surface area contributed by atoms with Gasteiger partial charge in [-0.25, -0.2) is 4.79 Å². The Morgan fingerprint density at radius 1 is 1.21 bits per heavy atom. The van der Waals surface area contributed by atoms with E-state index in [-0.39, 0.29) is 11.3 Å². The van der Waals surface area contributed by atoms with Gasteiger partial charge in [-0.2, -0.15) is 0 Å². The van der Waals surface area contributed by atoms with E-state index in [9.17, 15) is 30.2 Å². The van der Waals surface area contributed by atoms with Gasteiger partial charge in [-0.05, 0) is 12.1 Å². The second-order valence-corrected chi connectivity index (χ2v) is 5.15. The molecule has 1 aliphatic heterocycles. The zero-order valence-corrected chi connectivity index (χ0v) is 12.6. The molecule has 10 nitrogen and oxygen atoms in total. The molecule has 1 heterocycles. The maximum atomic E-state index is 11.9. The number of hydrogen-bond donors (Lipinski definition) is 3. The van der Waals surface area contributed by atoms with E-state index in [2.05, 4.69) is 0 Å². The van der Waals surface area contributed by atoms with E-state index in [1.165, 1.54) is 19.2 Å². The molecule has 2 rings (SSSR count). The quantitative estimate of drug-likeness (QED) is 0.355. The van der Waals surface area contributed by atoms with Crippen LogP contribution in [0.2, 0.25) is 0 Å². The lowest BCUT2D eigenvalue weighted by molar-refractivity contribution is -0.384. The van der Waals surface area contributed by atoms with Crippen LogP contribution in [0.25, 0.3) is 0 Å². The minimum atomic E-state index is -1.52. The van der Waals surface area contributed by atoms with Crippen LogP contribution < -0.4 is 0 Å². The van der Waals surface area contributed by atoms with E-state index in [0.29, 0.717) is 0 Å². The summed E-state index contributed by atoms with van der Waals surface area (Å²) in [5, 5.41) is 39.7. The second-order valence-electron chi connectivity index (χ2n) is 5.15. The molecule has 0 spiro atoms. The maximum absolute atomic E-state index is 11.9. The van der Waals surface area contributed by atoms with Crippen LogP contribution >= 0.6 is 0 Å². The number of aliphatic hydroxyl groups excluding tert-OH is 3. The maximum Gasteiger partial charge on any atom is 0.338 e. The Kier molecular flexibility index (Phi) is 5.80. The summed E-state index contributed by atoms with van der Waals surface area (Å²) in [5.41, 5.74) is -0.0904. The summed E-state index contributed by atoms with van der Waals surface area (Å²) in [5.74, 6) is -0.782. The first-order chi connectivity index (χ1) is 11.3. The van der Waals surface area contributed by atoms with Gasteiger partial charge in [0.25, 0.3) is 5.69 Å². The van der Waals surface area contributed by atoms with Gasteiger partial charge in [0.05, 0.1) is 10.5 Å². The second kappa shape index (κ2) is 7.64. The number of carbonyl (C=O) groups is 1. The van der Waals surface area contributed by atoms with Crippen molar-refractivity contribution in [1.29, 1.82) is 0 Å². The number of benzene rings is 1. The van der Waals surface area contributed by atoms with Crippen LogP contribution in [0, 0.1) is 10.1 Å². The lowest BCUT2D eigenvalue weighted by atomic mass is 9.99. The van der Waals surface area contributed by atoms with Crippen LogP contribution in [0.15, 0.2) is 24.3 Å². The Hall–Kier alpha value is -2.11. The summed E-state index contributed by atoms with van der Waals surface area (Å²) in [6.45, 7) is -0.402. The number of nitro benzene ring substituents is 1. The molecule has 0 aliphatic carbocycles. The highest BCUT2D eigenvalue weighted by atomic mass is 16.7. The monoisotopic (exact) mass is 343 g/mol. The van der Waals surface area contributed by atoms with E-state index in [0.717, 1.165) is 12.1 Å². The van der Waals surface area contributed by atoms with Gasteiger partial charge < -0.3 is 29.5 Å². The van der Waals surface area contributed by atoms with Crippen molar-refractivity contribution in [3.63, 3.8) is 0 Å². The summed E-state index contributed by atoms with van der Waals surface area (Å²) in [6.07, 6.45) is -6.71. The summed E-state index contributed by atoms with van der Waals surface area (Å²) in [6, 6.07) is 4.78. The van der Waals surface area contributed by atoms with Crippen molar-refractivity contribution >= 4 is 11.7 Å². The summed E-state index contributed by atoms with van der Waals surface area (Å²) in [4.78, 5) is 21.9. The molecule has 0 aromatic heterocycles. The molecule has 1 fully saturated rings. The zero-order chi connectivity index (χ0) is 17.9. The fourth-order valence-corrected chi connectivity index (χ4v) is 2.21. The summed E-state index contributed by atoms with van der Waals surface area (Å²) < 4.78 is 15.0. The third-order valence-corrected chi connectivity index (χ3v) is 3.59. The van der Waals surface area contributed by atoms with E-state index < -0.39 is 48.2 Å². The summed E-state index contributed by atoms with van der Waals surface area (Å²) >= 11 is 0. The topological polar surface area (TPSA) is 149 Å². The van der Waals surface area contributed by atoms with E-state index in [1.807, 2.05) is 0 Å². The molecule has 0 saturated carbocycles. The average molecular weight is 343 g/mol. The van der Waals surface area contributed by atoms with Gasteiger partial charge in [0.2, 0.25) is 0 Å². The number of ether oxygens (including phenoxy) is 3. The number of methoxy groups -OCH3 is 1. The molecular weight excluding hydrogens is 326 g/mol. The molecule has 1 saturated heterocycles. The van der Waals surface area contributed by atoms with E-state index in [1.54, 1.807) is 0 Å². The highest BCUT2D eigenvalue weighted by molar-refractivity contribution is 5.89. The molecule has 132 valence electrons. The van der Waals surface area contributed by atoms with Crippen LogP contribution in [-0.4, -0.2) is 70.6 Å². The lowest BCUT2D eigenvalue weighted by Crippen LogP contribution is -2.59. The van der Waals surface area contributed by atoms with Crippen LogP contribution in [0.4, 0.5) is 5.69 Å². The van der Waals surface area contributed by atoms with Gasteiger partial charge in [0, 0.05) is 19.2 Å². The van der Waals surface area contributed by atoms with Crippen molar-refractivity contribution in [1.82, 2.24) is 0 Å². The van der Waals surface area contributed by atoms with Crippen molar-refractivity contribution in [2.45, 2.75) is 30.7 Å². The third kappa shape index (κ3) is 3.86. The van der Waals surface area contributed by atoms with E-state index >= 15 is 0 Å². The predicted octanol–water partition coefficient (Wildman–Crippen LogP) is -0.794. The van der Waals surface area contributed by atoms with Crippen molar-refractivity contribution in [3.8, 4) is 0 Å². The number of esters is 1. The fraction of sp³-hybridized carbons (Fsp3) is 0.500. The van der Waals surface area contributed by atoms with Crippen LogP contribution in [0.1, 0.15) is 10.4 Å². The van der Waals surface area contributed by atoms with Crippen LogP contribution in [-0.2, 0) is 14.2 Å². The molecule has 1 aromatic rings. The number of nitrogens with zero attached hydrogens (tertiary/aromatic N) is 1. The number of non-ortho nitro benzene ring substituents is 1. The van der Waals surface area contributed by atoms with Crippen molar-refractivity contribution in [3.05, 3.63) is 39.9 Å². The molecule has 0 bridgehead atoms. The Labute approximate surface area is 136 Å². The first-order valence-corrected chi connectivity index (χ1v) is 6.99. The first kappa shape index (κ1) is 18.2. The minimum absolute atomic E-state index is 0.0785. The number of aliphatic hydroxyl groups is 3. The largest absolute Gasteiger partial charge is 0.459 e. The van der Waals surface area contributed by atoms with Crippen molar-refractivity contribution in [2.24, 2.45) is 0 Å². The number of hydrogen-bond acceptors (Lipinski definition) is 9. The predicted molar refractivity (Wildman–Crippen MR) is 77.1 cm³/mol. The molecule has 1 aromatic carbocycles. The third-order valence-electron chi connectivity index (χ3n) is 3.59. The molecule has 0 amide bonds. The van der Waals surface area contributed by atoms with Gasteiger partial charge in [-0.3, -0.25) is 10.1 Å². The molecule has 10 heteroatoms. The fourth-order valence-electron chi connectivity index (χ4n) is 2.21. The lowest BCUT2D eigenvalue weighted by Gasteiger charge is -2.39. The minimum Gasteiger partial charge on any atom is -0.459 e. The first-order valence-electron chi connectivity index (χ1n) is 6.99. The zero-order valence-electron chi connectivity index (χ0n) is 12.6. The number of carbonyl (C=O) groups excluding carboxylic acids is 1. The Morgan fingerprint density at radius 2 is 1.83 bits per heavy atom. The molecule has 24 heavy (non-hydrogen) atoms. The Morgan fingerprint density at radius 3 is 2.38 bits per heavy atom. The van der Waals surface area contributed by atoms with E-state index in [4.69, 9.17) is 14.2 Å². The molecule has 0 unspecified atom stereocenters. The Balaban J connectivity index is 1.96. The van der Waals surface area contributed by atoms with Gasteiger partial charge in [-0.15, -0.1) is 0 Å². The highest BCUT2D eigenvalue weighted by Crippen LogP contribution is 2.22. The van der Waals surface area contributed by atoms with Crippen LogP contribution in [0.3, 0.4) is 0 Å². The molecule has 0 radical (unpaired) electrons. The van der Waals surface area contributed by atoms with Gasteiger partial charge >= 0.3 is 5.97 Å². The van der Waals surface area contributed by atoms with Gasteiger partial charge in [0.1, 0.15) is 31.0 Å². The molecule has 5 atom stereocenters. The SMILES string of the molecule is CO[C@H]1O[C@H](COC(=O)c2ccc([N+](=O)[O-])cc2)[C@@H](O)[C@H](O)[C@H]1O. The normalized spacial score (nSPS) is 29.9. The van der Waals surface area contributed by atoms with Crippen LogP contribution in [0.5, 0.6) is 0 Å². The number of rotatable bonds is 5. The molecular formula is C14H17NO9. The smallest absolute Gasteiger partial charge is 0.338 e. The van der Waals surface area contributed by atoms with Crippen molar-refractivity contribution in [2.75, 3.05) is 13.7 Å². The number of nitro groups is 1. The van der Waals surface area contributed by atoms with Gasteiger partial charge in [0.15, 0.2) is 6.29 Å². The molecule has 1 aliphatic rings. The highest BCUT2D eigenvalue weighted by Gasteiger charge is 2.44. The Bertz CT molecular complexity index is 588. The van der Waals surface area contributed by atoms with Gasteiger partial charge in [-0.1, -0.05) is 0 Å². The standard InChI is InChI=1S/C14H17NO9/c1-22-14-12(18)11(17)10(16)9(24-14)6-23-13(19)7-2-4-8(5-3-7)15(20)21/h2-5,9-12,14,16-18H,6H2,1H3/t9-,10-,11+,12-,14+/m1/s1. The summed E-state index contributed by atoms with van der Waals surface area (Å²) in [7, 11) is 1.25.